The molecule has 1 aliphatic heterocycles. The average molecular weight is 643 g/mol. The first-order chi connectivity index (χ1) is 20.6. The summed E-state index contributed by atoms with van der Waals surface area (Å²) in [5.41, 5.74) is 9.62. The molecule has 3 aliphatic rings. The van der Waals surface area contributed by atoms with E-state index in [0.29, 0.717) is 21.2 Å². The summed E-state index contributed by atoms with van der Waals surface area (Å²) >= 11 is 12.4. The highest BCUT2D eigenvalue weighted by atomic mass is 35.5. The van der Waals surface area contributed by atoms with E-state index in [4.69, 9.17) is 23.2 Å². The van der Waals surface area contributed by atoms with Crippen LogP contribution < -0.4 is 10.4 Å². The van der Waals surface area contributed by atoms with Gasteiger partial charge < -0.3 is 5.43 Å². The van der Waals surface area contributed by atoms with Gasteiger partial charge in [0.15, 0.2) is 0 Å². The Morgan fingerprint density at radius 1 is 1.02 bits per heavy atom. The fourth-order valence-electron chi connectivity index (χ4n) is 6.37. The van der Waals surface area contributed by atoms with E-state index < -0.39 is 10.0 Å². The maximum atomic E-state index is 14.5. The highest BCUT2D eigenvalue weighted by molar-refractivity contribution is 7.88. The lowest BCUT2D eigenvalue weighted by molar-refractivity contribution is 0.356. The van der Waals surface area contributed by atoms with Gasteiger partial charge in [-0.3, -0.25) is 5.01 Å². The molecule has 0 aromatic heterocycles. The fourth-order valence-corrected chi connectivity index (χ4v) is 8.53. The van der Waals surface area contributed by atoms with Crippen LogP contribution in [0, 0.1) is 23.5 Å². The van der Waals surface area contributed by atoms with Crippen molar-refractivity contribution >= 4 is 38.9 Å². The third-order valence-electron chi connectivity index (χ3n) is 8.55. The van der Waals surface area contributed by atoms with E-state index in [-0.39, 0.29) is 48.7 Å². The van der Waals surface area contributed by atoms with Crippen molar-refractivity contribution in [3.63, 3.8) is 0 Å². The number of allylic oxidation sites excluding steroid dienone is 3. The molecule has 43 heavy (non-hydrogen) atoms. The Bertz CT molecular complexity index is 1760. The molecule has 5 nitrogen and oxygen atoms in total. The molecule has 224 valence electrons. The first kappa shape index (κ1) is 29.9. The number of nitrogens with one attached hydrogen (secondary N) is 1. The van der Waals surface area contributed by atoms with Gasteiger partial charge in [0.05, 0.1) is 17.1 Å². The summed E-state index contributed by atoms with van der Waals surface area (Å²) in [6.07, 6.45) is 6.01. The van der Waals surface area contributed by atoms with Crippen LogP contribution in [0.5, 0.6) is 0 Å². The van der Waals surface area contributed by atoms with Crippen molar-refractivity contribution in [1.82, 2.24) is 9.73 Å². The van der Waals surface area contributed by atoms with E-state index in [0.717, 1.165) is 29.8 Å². The number of benzene rings is 3. The summed E-state index contributed by atoms with van der Waals surface area (Å²) in [5, 5.41) is 2.67. The lowest BCUT2D eigenvalue weighted by atomic mass is 9.80. The van der Waals surface area contributed by atoms with Crippen LogP contribution in [-0.4, -0.2) is 25.8 Å². The SMILES string of the molecule is C[C@H]1C2=CNN(c3ccc(F)cc3)C2=CC2=C1[C@@H](CN(CCc1ccccc1F)S(=O)(=O)Cc1ccc(Cl)cc1Cl)CC2. The highest BCUT2D eigenvalue weighted by Crippen LogP contribution is 2.48. The van der Waals surface area contributed by atoms with Crippen LogP contribution in [0.15, 0.2) is 101 Å². The minimum absolute atomic E-state index is 0.000318. The minimum atomic E-state index is -3.82. The van der Waals surface area contributed by atoms with Crippen molar-refractivity contribution in [3.8, 4) is 0 Å². The quantitative estimate of drug-likeness (QED) is 0.259. The normalized spacial score (nSPS) is 19.7. The molecule has 6 rings (SSSR count). The first-order valence-corrected chi connectivity index (χ1v) is 16.6. The van der Waals surface area contributed by atoms with E-state index in [1.54, 1.807) is 42.5 Å². The van der Waals surface area contributed by atoms with E-state index in [1.807, 2.05) is 11.2 Å². The van der Waals surface area contributed by atoms with Gasteiger partial charge in [-0.1, -0.05) is 60.0 Å². The Balaban J connectivity index is 1.28. The van der Waals surface area contributed by atoms with Crippen LogP contribution in [0.1, 0.15) is 30.9 Å². The second-order valence-corrected chi connectivity index (χ2v) is 14.0. The van der Waals surface area contributed by atoms with Crippen LogP contribution in [-0.2, 0) is 22.2 Å². The third kappa shape index (κ3) is 6.11. The maximum Gasteiger partial charge on any atom is 0.218 e. The molecule has 1 heterocycles. The summed E-state index contributed by atoms with van der Waals surface area (Å²) < 4.78 is 57.4. The Labute approximate surface area is 261 Å². The summed E-state index contributed by atoms with van der Waals surface area (Å²) in [6, 6.07) is 17.6. The van der Waals surface area contributed by atoms with Gasteiger partial charge in [0.2, 0.25) is 10.0 Å². The van der Waals surface area contributed by atoms with Crippen molar-refractivity contribution in [3.05, 3.63) is 134 Å². The van der Waals surface area contributed by atoms with Crippen LogP contribution in [0.2, 0.25) is 10.0 Å². The Morgan fingerprint density at radius 2 is 1.79 bits per heavy atom. The highest BCUT2D eigenvalue weighted by Gasteiger charge is 2.39. The molecule has 2 aliphatic carbocycles. The number of sulfonamides is 1. The molecule has 0 radical (unpaired) electrons. The molecule has 3 aromatic carbocycles. The molecular formula is C33H31Cl2F2N3O2S. The molecule has 0 fully saturated rings. The zero-order valence-electron chi connectivity index (χ0n) is 23.5. The first-order valence-electron chi connectivity index (χ1n) is 14.2. The molecule has 2 atom stereocenters. The van der Waals surface area contributed by atoms with Gasteiger partial charge in [-0.25, -0.2) is 21.5 Å². The minimum Gasteiger partial charge on any atom is -0.301 e. The predicted molar refractivity (Wildman–Crippen MR) is 168 cm³/mol. The van der Waals surface area contributed by atoms with E-state index in [9.17, 15) is 17.2 Å². The summed E-state index contributed by atoms with van der Waals surface area (Å²) in [5.74, 6) is -0.864. The van der Waals surface area contributed by atoms with Gasteiger partial charge in [0, 0.05) is 40.8 Å². The van der Waals surface area contributed by atoms with Crippen LogP contribution in [0.4, 0.5) is 14.5 Å². The van der Waals surface area contributed by atoms with Gasteiger partial charge in [-0.05, 0) is 90.4 Å². The third-order valence-corrected chi connectivity index (χ3v) is 10.9. The molecule has 0 unspecified atom stereocenters. The number of anilines is 1. The molecule has 10 heteroatoms. The summed E-state index contributed by atoms with van der Waals surface area (Å²) in [7, 11) is -3.82. The number of hydrazine groups is 1. The van der Waals surface area contributed by atoms with Crippen LogP contribution >= 0.6 is 23.2 Å². The Hall–Kier alpha value is -3.17. The standard InChI is InChI=1S/C33H31Cl2F2N3O2S/c1-21-29-18-38-40(28-12-10-27(36)11-13-28)32(29)16-23-6-7-24(33(21)23)19-39(15-14-22-4-2-3-5-31(22)37)43(41,42)20-25-8-9-26(34)17-30(25)35/h2-5,8-13,16-18,21,24,38H,6-7,14-15,19-20H2,1H3/t21-,24+/m0/s1. The number of nitrogens with zero attached hydrogens (tertiary/aromatic N) is 2. The van der Waals surface area contributed by atoms with Crippen molar-refractivity contribution in [2.45, 2.75) is 31.9 Å². The van der Waals surface area contributed by atoms with Gasteiger partial charge in [-0.15, -0.1) is 0 Å². The topological polar surface area (TPSA) is 52.6 Å². The largest absolute Gasteiger partial charge is 0.301 e. The second-order valence-electron chi connectivity index (χ2n) is 11.2. The average Bonchev–Trinajstić information content (AvgIpc) is 3.58. The van der Waals surface area contributed by atoms with E-state index in [2.05, 4.69) is 18.4 Å². The number of hydrogen-bond acceptors (Lipinski definition) is 4. The number of halogens is 4. The van der Waals surface area contributed by atoms with Gasteiger partial charge in [0.25, 0.3) is 0 Å². The molecular weight excluding hydrogens is 611 g/mol. The zero-order valence-corrected chi connectivity index (χ0v) is 25.9. The van der Waals surface area contributed by atoms with Crippen LogP contribution in [0.3, 0.4) is 0 Å². The maximum absolute atomic E-state index is 14.5. The van der Waals surface area contributed by atoms with Gasteiger partial charge in [-0.2, -0.15) is 0 Å². The van der Waals surface area contributed by atoms with E-state index >= 15 is 0 Å². The molecule has 0 amide bonds. The molecule has 3 aromatic rings. The number of fused-ring (bicyclic) bond motifs is 1. The molecule has 0 saturated heterocycles. The second kappa shape index (κ2) is 12.1. The lowest BCUT2D eigenvalue weighted by Gasteiger charge is -2.32. The van der Waals surface area contributed by atoms with Gasteiger partial charge in [0.1, 0.15) is 11.6 Å². The molecule has 0 spiro atoms. The van der Waals surface area contributed by atoms with Crippen LogP contribution in [0.25, 0.3) is 0 Å². The van der Waals surface area contributed by atoms with Crippen molar-refractivity contribution in [1.29, 1.82) is 0 Å². The van der Waals surface area contributed by atoms with Crippen molar-refractivity contribution in [2.24, 2.45) is 11.8 Å². The van der Waals surface area contributed by atoms with E-state index in [1.165, 1.54) is 39.7 Å². The number of rotatable bonds is 9. The smallest absolute Gasteiger partial charge is 0.218 e. The lowest BCUT2D eigenvalue weighted by Crippen LogP contribution is -2.38. The zero-order chi connectivity index (χ0) is 30.3. The van der Waals surface area contributed by atoms with Crippen molar-refractivity contribution in [2.75, 3.05) is 18.1 Å². The fraction of sp³-hybridized carbons (Fsp3) is 0.273. The monoisotopic (exact) mass is 641 g/mol. The summed E-state index contributed by atoms with van der Waals surface area (Å²) in [4.78, 5) is 0. The predicted octanol–water partition coefficient (Wildman–Crippen LogP) is 7.80. The molecule has 1 N–H and O–H groups in total. The molecule has 0 bridgehead atoms. The number of hydrogen-bond donors (Lipinski definition) is 1. The van der Waals surface area contributed by atoms with Gasteiger partial charge >= 0.3 is 0 Å². The Kier molecular flexibility index (Phi) is 8.39. The summed E-state index contributed by atoms with van der Waals surface area (Å²) in [6.45, 7) is 2.58. The van der Waals surface area contributed by atoms with Crippen molar-refractivity contribution < 1.29 is 17.2 Å². The Morgan fingerprint density at radius 3 is 2.53 bits per heavy atom. The molecule has 0 saturated carbocycles.